The first-order valence-corrected chi connectivity index (χ1v) is 8.59. The average molecular weight is 338 g/mol. The predicted octanol–water partition coefficient (Wildman–Crippen LogP) is 6.10. The SMILES string of the molecule is CC[C@H](C)c1ccc(-c2cc(C(=O)Cl)c3cc(C)ccc3n2)cc1. The molecule has 122 valence electrons. The monoisotopic (exact) mass is 337 g/mol. The van der Waals surface area contributed by atoms with Gasteiger partial charge in [-0.15, -0.1) is 0 Å². The van der Waals surface area contributed by atoms with Gasteiger partial charge in [0.05, 0.1) is 11.2 Å². The Kier molecular flexibility index (Phi) is 4.68. The number of aryl methyl sites for hydroxylation is 1. The van der Waals surface area contributed by atoms with Crippen LogP contribution in [0.2, 0.25) is 0 Å². The summed E-state index contributed by atoms with van der Waals surface area (Å²) in [7, 11) is 0. The molecule has 0 unspecified atom stereocenters. The molecule has 0 radical (unpaired) electrons. The van der Waals surface area contributed by atoms with Crippen molar-refractivity contribution in [1.82, 2.24) is 4.98 Å². The van der Waals surface area contributed by atoms with E-state index < -0.39 is 5.24 Å². The molecule has 0 saturated carbocycles. The quantitative estimate of drug-likeness (QED) is 0.538. The number of rotatable bonds is 4. The molecule has 0 aliphatic heterocycles. The number of carbonyl (C=O) groups is 1. The van der Waals surface area contributed by atoms with Gasteiger partial charge in [0, 0.05) is 16.5 Å². The number of hydrogen-bond donors (Lipinski definition) is 0. The van der Waals surface area contributed by atoms with E-state index in [0.29, 0.717) is 11.5 Å². The molecule has 0 fully saturated rings. The van der Waals surface area contributed by atoms with Crippen LogP contribution in [0.5, 0.6) is 0 Å². The van der Waals surface area contributed by atoms with Gasteiger partial charge in [-0.3, -0.25) is 4.79 Å². The summed E-state index contributed by atoms with van der Waals surface area (Å²) in [5, 5.41) is 0.348. The molecule has 0 aliphatic rings. The van der Waals surface area contributed by atoms with Crippen molar-refractivity contribution in [3.8, 4) is 11.3 Å². The highest BCUT2D eigenvalue weighted by atomic mass is 35.5. The largest absolute Gasteiger partial charge is 0.276 e. The number of benzene rings is 2. The Labute approximate surface area is 147 Å². The molecule has 2 nitrogen and oxygen atoms in total. The molecule has 0 spiro atoms. The van der Waals surface area contributed by atoms with E-state index in [9.17, 15) is 4.79 Å². The van der Waals surface area contributed by atoms with E-state index in [1.807, 2.05) is 25.1 Å². The molecule has 3 heteroatoms. The number of fused-ring (bicyclic) bond motifs is 1. The fourth-order valence-electron chi connectivity index (χ4n) is 2.87. The molecule has 1 atom stereocenters. The predicted molar refractivity (Wildman–Crippen MR) is 101 cm³/mol. The van der Waals surface area contributed by atoms with E-state index in [0.717, 1.165) is 34.1 Å². The van der Waals surface area contributed by atoms with Crippen molar-refractivity contribution in [2.24, 2.45) is 0 Å². The van der Waals surface area contributed by atoms with E-state index in [1.54, 1.807) is 6.07 Å². The summed E-state index contributed by atoms with van der Waals surface area (Å²) >= 11 is 5.81. The van der Waals surface area contributed by atoms with E-state index >= 15 is 0 Å². The van der Waals surface area contributed by atoms with Gasteiger partial charge in [0.15, 0.2) is 0 Å². The van der Waals surface area contributed by atoms with Crippen molar-refractivity contribution in [3.05, 3.63) is 65.2 Å². The maximum absolute atomic E-state index is 11.9. The van der Waals surface area contributed by atoms with Crippen molar-refractivity contribution < 1.29 is 4.79 Å². The smallest absolute Gasteiger partial charge is 0.253 e. The second-order valence-electron chi connectivity index (χ2n) is 6.28. The van der Waals surface area contributed by atoms with Gasteiger partial charge in [-0.2, -0.15) is 0 Å². The van der Waals surface area contributed by atoms with Gasteiger partial charge in [-0.05, 0) is 54.6 Å². The van der Waals surface area contributed by atoms with Gasteiger partial charge in [-0.25, -0.2) is 4.98 Å². The third kappa shape index (κ3) is 3.20. The molecule has 0 aliphatic carbocycles. The Morgan fingerprint density at radius 3 is 2.46 bits per heavy atom. The van der Waals surface area contributed by atoms with Crippen molar-refractivity contribution in [3.63, 3.8) is 0 Å². The molecule has 24 heavy (non-hydrogen) atoms. The number of halogens is 1. The minimum absolute atomic E-state index is 0.453. The second kappa shape index (κ2) is 6.74. The lowest BCUT2D eigenvalue weighted by Crippen LogP contribution is -1.97. The molecule has 2 aromatic carbocycles. The Morgan fingerprint density at radius 1 is 1.12 bits per heavy atom. The number of pyridine rings is 1. The summed E-state index contributed by atoms with van der Waals surface area (Å²) in [6.45, 7) is 6.39. The summed E-state index contributed by atoms with van der Waals surface area (Å²) in [6, 6.07) is 16.1. The molecule has 0 saturated heterocycles. The van der Waals surface area contributed by atoms with Crippen LogP contribution >= 0.6 is 11.6 Å². The highest BCUT2D eigenvalue weighted by Crippen LogP contribution is 2.28. The van der Waals surface area contributed by atoms with E-state index in [2.05, 4.69) is 38.1 Å². The molecule has 0 bridgehead atoms. The van der Waals surface area contributed by atoms with Crippen LogP contribution in [0.4, 0.5) is 0 Å². The molecular weight excluding hydrogens is 318 g/mol. The van der Waals surface area contributed by atoms with Crippen molar-refractivity contribution in [2.45, 2.75) is 33.1 Å². The lowest BCUT2D eigenvalue weighted by atomic mass is 9.96. The van der Waals surface area contributed by atoms with E-state index in [-0.39, 0.29) is 0 Å². The zero-order valence-corrected chi connectivity index (χ0v) is 14.9. The van der Waals surface area contributed by atoms with Gasteiger partial charge in [0.2, 0.25) is 0 Å². The molecule has 3 rings (SSSR count). The van der Waals surface area contributed by atoms with Crippen LogP contribution in [0.1, 0.15) is 47.7 Å². The summed E-state index contributed by atoms with van der Waals surface area (Å²) < 4.78 is 0. The standard InChI is InChI=1S/C21H20ClNO/c1-4-14(3)15-6-8-16(9-7-15)20-12-18(21(22)24)17-11-13(2)5-10-19(17)23-20/h5-12,14H,4H2,1-3H3/t14-/m0/s1. The van der Waals surface area contributed by atoms with Crippen LogP contribution in [-0.2, 0) is 0 Å². The van der Waals surface area contributed by atoms with Crippen LogP contribution < -0.4 is 0 Å². The Balaban J connectivity index is 2.13. The van der Waals surface area contributed by atoms with Crippen molar-refractivity contribution in [1.29, 1.82) is 0 Å². The van der Waals surface area contributed by atoms with Crippen LogP contribution in [-0.4, -0.2) is 10.2 Å². The van der Waals surface area contributed by atoms with E-state index in [4.69, 9.17) is 16.6 Å². The van der Waals surface area contributed by atoms with Gasteiger partial charge in [0.1, 0.15) is 0 Å². The number of aromatic nitrogens is 1. The summed E-state index contributed by atoms with van der Waals surface area (Å²) in [5.41, 5.74) is 5.44. The zero-order valence-electron chi connectivity index (χ0n) is 14.1. The van der Waals surface area contributed by atoms with Crippen LogP contribution in [0.25, 0.3) is 22.2 Å². The normalized spacial score (nSPS) is 12.3. The highest BCUT2D eigenvalue weighted by molar-refractivity contribution is 6.68. The van der Waals surface area contributed by atoms with Crippen LogP contribution in [0.3, 0.4) is 0 Å². The fourth-order valence-corrected chi connectivity index (χ4v) is 3.02. The molecule has 0 N–H and O–H groups in total. The van der Waals surface area contributed by atoms with Crippen LogP contribution in [0, 0.1) is 6.92 Å². The number of hydrogen-bond acceptors (Lipinski definition) is 2. The number of nitrogens with zero attached hydrogens (tertiary/aromatic N) is 1. The van der Waals surface area contributed by atoms with E-state index in [1.165, 1.54) is 5.56 Å². The van der Waals surface area contributed by atoms with Crippen molar-refractivity contribution in [2.75, 3.05) is 0 Å². The van der Waals surface area contributed by atoms with Crippen LogP contribution in [0.15, 0.2) is 48.5 Å². The Morgan fingerprint density at radius 2 is 1.83 bits per heavy atom. The zero-order chi connectivity index (χ0) is 17.3. The first-order chi connectivity index (χ1) is 11.5. The molecule has 3 aromatic rings. The van der Waals surface area contributed by atoms with Gasteiger partial charge < -0.3 is 0 Å². The molecule has 1 aromatic heterocycles. The highest BCUT2D eigenvalue weighted by Gasteiger charge is 2.13. The summed E-state index contributed by atoms with van der Waals surface area (Å²) in [5.74, 6) is 0.534. The minimum Gasteiger partial charge on any atom is -0.276 e. The molecule has 1 heterocycles. The topological polar surface area (TPSA) is 30.0 Å². The lowest BCUT2D eigenvalue weighted by Gasteiger charge is -2.11. The van der Waals surface area contributed by atoms with Gasteiger partial charge in [0.25, 0.3) is 5.24 Å². The maximum atomic E-state index is 11.9. The number of carbonyl (C=O) groups excluding carboxylic acids is 1. The first kappa shape index (κ1) is 16.7. The average Bonchev–Trinajstić information content (AvgIpc) is 2.60. The maximum Gasteiger partial charge on any atom is 0.253 e. The summed E-state index contributed by atoms with van der Waals surface area (Å²) in [6.07, 6.45) is 1.11. The van der Waals surface area contributed by atoms with Crippen molar-refractivity contribution >= 4 is 27.7 Å². The molecule has 0 amide bonds. The van der Waals surface area contributed by atoms with Gasteiger partial charge in [-0.1, -0.05) is 49.7 Å². The lowest BCUT2D eigenvalue weighted by molar-refractivity contribution is 0.108. The first-order valence-electron chi connectivity index (χ1n) is 8.21. The minimum atomic E-state index is -0.453. The van der Waals surface area contributed by atoms with Gasteiger partial charge >= 0.3 is 0 Å². The third-order valence-electron chi connectivity index (χ3n) is 4.56. The molecular formula is C21H20ClNO. The Hall–Kier alpha value is -2.19. The summed E-state index contributed by atoms with van der Waals surface area (Å²) in [4.78, 5) is 16.6. The second-order valence-corrected chi connectivity index (χ2v) is 6.62. The third-order valence-corrected chi connectivity index (χ3v) is 4.77. The fraction of sp³-hybridized carbons (Fsp3) is 0.238. The Bertz CT molecular complexity index is 900.